The van der Waals surface area contributed by atoms with Crippen molar-refractivity contribution < 1.29 is 8.98 Å². The molecule has 0 spiro atoms. The standard InChI is InChI=1S/C24H21O3P/c1-16-4-9-20(10-5-16)28(26,21-11-6-17(2)7-12-21)23-15-19-14-18(3)8-13-22(19)27-24(23)25/h4-15H,1-3H3. The quantitative estimate of drug-likeness (QED) is 0.387. The van der Waals surface area contributed by atoms with E-state index in [-0.39, 0.29) is 5.30 Å². The van der Waals surface area contributed by atoms with Crippen LogP contribution in [0.25, 0.3) is 11.0 Å². The van der Waals surface area contributed by atoms with Crippen LogP contribution in [-0.4, -0.2) is 0 Å². The Morgan fingerprint density at radius 1 is 0.679 bits per heavy atom. The van der Waals surface area contributed by atoms with Gasteiger partial charge in [0.15, 0.2) is 7.14 Å². The van der Waals surface area contributed by atoms with Crippen molar-refractivity contribution >= 4 is 34.0 Å². The molecule has 0 radical (unpaired) electrons. The molecule has 0 saturated carbocycles. The number of aryl methyl sites for hydroxylation is 3. The van der Waals surface area contributed by atoms with Crippen LogP contribution in [0.15, 0.2) is 82.0 Å². The molecule has 3 aromatic carbocycles. The van der Waals surface area contributed by atoms with Crippen molar-refractivity contribution in [2.45, 2.75) is 20.8 Å². The maximum atomic E-state index is 14.5. The monoisotopic (exact) mass is 388 g/mol. The number of benzene rings is 3. The number of fused-ring (bicyclic) bond motifs is 1. The van der Waals surface area contributed by atoms with E-state index in [4.69, 9.17) is 4.42 Å². The molecule has 0 amide bonds. The average Bonchev–Trinajstić information content (AvgIpc) is 2.68. The molecular formula is C24H21O3P. The van der Waals surface area contributed by atoms with Gasteiger partial charge in [-0.05, 0) is 39.0 Å². The van der Waals surface area contributed by atoms with E-state index in [9.17, 15) is 9.36 Å². The normalized spacial score (nSPS) is 11.7. The van der Waals surface area contributed by atoms with Gasteiger partial charge in [-0.1, -0.05) is 71.3 Å². The van der Waals surface area contributed by atoms with Crippen LogP contribution in [0.4, 0.5) is 0 Å². The van der Waals surface area contributed by atoms with E-state index in [1.54, 1.807) is 12.1 Å². The second-order valence-corrected chi connectivity index (χ2v) is 9.97. The van der Waals surface area contributed by atoms with Gasteiger partial charge in [0.25, 0.3) is 0 Å². The van der Waals surface area contributed by atoms with E-state index >= 15 is 0 Å². The highest BCUT2D eigenvalue weighted by atomic mass is 31.2. The van der Waals surface area contributed by atoms with Gasteiger partial charge < -0.3 is 8.98 Å². The third-order valence-electron chi connectivity index (χ3n) is 5.00. The van der Waals surface area contributed by atoms with Gasteiger partial charge in [-0.25, -0.2) is 4.79 Å². The maximum Gasteiger partial charge on any atom is 0.347 e. The Bertz CT molecular complexity index is 1220. The van der Waals surface area contributed by atoms with Crippen molar-refractivity contribution in [3.63, 3.8) is 0 Å². The van der Waals surface area contributed by atoms with Gasteiger partial charge in [-0.15, -0.1) is 0 Å². The van der Waals surface area contributed by atoms with Crippen molar-refractivity contribution in [3.05, 3.63) is 99.9 Å². The summed E-state index contributed by atoms with van der Waals surface area (Å²) < 4.78 is 20.1. The topological polar surface area (TPSA) is 47.3 Å². The first-order chi connectivity index (χ1) is 13.4. The van der Waals surface area contributed by atoms with Crippen LogP contribution in [0, 0.1) is 20.8 Å². The summed E-state index contributed by atoms with van der Waals surface area (Å²) >= 11 is 0. The molecule has 0 unspecified atom stereocenters. The fourth-order valence-corrected chi connectivity index (χ4v) is 6.00. The molecule has 0 aliphatic carbocycles. The van der Waals surface area contributed by atoms with Crippen molar-refractivity contribution in [1.82, 2.24) is 0 Å². The zero-order valence-corrected chi connectivity index (χ0v) is 17.0. The Balaban J connectivity index is 2.06. The number of rotatable bonds is 3. The van der Waals surface area contributed by atoms with Gasteiger partial charge >= 0.3 is 5.63 Å². The Kier molecular flexibility index (Phi) is 4.56. The lowest BCUT2D eigenvalue weighted by Crippen LogP contribution is -2.33. The third kappa shape index (κ3) is 3.12. The zero-order valence-electron chi connectivity index (χ0n) is 16.1. The first kappa shape index (κ1) is 18.5. The van der Waals surface area contributed by atoms with Gasteiger partial charge in [-0.2, -0.15) is 0 Å². The number of hydrogen-bond donors (Lipinski definition) is 0. The molecule has 3 nitrogen and oxygen atoms in total. The molecule has 28 heavy (non-hydrogen) atoms. The van der Waals surface area contributed by atoms with Crippen LogP contribution in [-0.2, 0) is 4.57 Å². The van der Waals surface area contributed by atoms with E-state index in [0.29, 0.717) is 16.2 Å². The minimum atomic E-state index is -3.38. The molecule has 0 aliphatic heterocycles. The molecule has 0 aliphatic rings. The molecule has 0 atom stereocenters. The second-order valence-electron chi connectivity index (χ2n) is 7.24. The van der Waals surface area contributed by atoms with Crippen LogP contribution in [0.5, 0.6) is 0 Å². The van der Waals surface area contributed by atoms with Crippen LogP contribution in [0.2, 0.25) is 0 Å². The maximum absolute atomic E-state index is 14.5. The van der Waals surface area contributed by atoms with Crippen molar-refractivity contribution in [1.29, 1.82) is 0 Å². The lowest BCUT2D eigenvalue weighted by Gasteiger charge is -2.19. The molecule has 0 saturated heterocycles. The van der Waals surface area contributed by atoms with Crippen molar-refractivity contribution in [3.8, 4) is 0 Å². The zero-order chi connectivity index (χ0) is 19.9. The minimum Gasteiger partial charge on any atom is -0.422 e. The molecule has 4 heteroatoms. The Morgan fingerprint density at radius 2 is 1.18 bits per heavy atom. The molecule has 1 aromatic heterocycles. The smallest absolute Gasteiger partial charge is 0.347 e. The molecule has 0 N–H and O–H groups in total. The summed E-state index contributed by atoms with van der Waals surface area (Å²) in [4.78, 5) is 12.9. The lowest BCUT2D eigenvalue weighted by molar-refractivity contribution is 0.562. The highest BCUT2D eigenvalue weighted by Crippen LogP contribution is 2.41. The SMILES string of the molecule is Cc1ccc(P(=O)(c2ccc(C)cc2)c2cc3cc(C)ccc3oc2=O)cc1. The summed E-state index contributed by atoms with van der Waals surface area (Å²) in [6, 6.07) is 22.4. The first-order valence-electron chi connectivity index (χ1n) is 9.17. The van der Waals surface area contributed by atoms with Crippen LogP contribution in [0.1, 0.15) is 16.7 Å². The lowest BCUT2D eigenvalue weighted by atomic mass is 10.2. The van der Waals surface area contributed by atoms with E-state index in [0.717, 1.165) is 22.1 Å². The van der Waals surface area contributed by atoms with E-state index in [1.165, 1.54) is 0 Å². The Morgan fingerprint density at radius 3 is 1.71 bits per heavy atom. The largest absolute Gasteiger partial charge is 0.422 e. The van der Waals surface area contributed by atoms with Crippen molar-refractivity contribution in [2.24, 2.45) is 0 Å². The molecule has 0 fully saturated rings. The van der Waals surface area contributed by atoms with E-state index in [2.05, 4.69) is 0 Å². The first-order valence-corrected chi connectivity index (χ1v) is 10.9. The van der Waals surface area contributed by atoms with Gasteiger partial charge in [0.1, 0.15) is 10.9 Å². The fourth-order valence-electron chi connectivity index (χ4n) is 3.39. The van der Waals surface area contributed by atoms with Gasteiger partial charge in [0.2, 0.25) is 0 Å². The molecule has 0 bridgehead atoms. The Hall–Kier alpha value is -2.90. The predicted octanol–water partition coefficient (Wildman–Crippen LogP) is 4.36. The summed E-state index contributed by atoms with van der Waals surface area (Å²) in [6.07, 6.45) is 0. The van der Waals surface area contributed by atoms with Crippen molar-refractivity contribution in [2.75, 3.05) is 0 Å². The van der Waals surface area contributed by atoms with Gasteiger partial charge in [-0.3, -0.25) is 0 Å². The predicted molar refractivity (Wildman–Crippen MR) is 116 cm³/mol. The summed E-state index contributed by atoms with van der Waals surface area (Å²) in [5, 5.41) is 2.23. The molecule has 4 aromatic rings. The van der Waals surface area contributed by atoms with Crippen LogP contribution < -0.4 is 21.5 Å². The Labute approximate surface area is 164 Å². The summed E-state index contributed by atoms with van der Waals surface area (Å²) in [6.45, 7) is 5.94. The minimum absolute atomic E-state index is 0.207. The summed E-state index contributed by atoms with van der Waals surface area (Å²) in [7, 11) is -3.38. The summed E-state index contributed by atoms with van der Waals surface area (Å²) in [5.74, 6) is 0. The molecule has 4 rings (SSSR count). The average molecular weight is 388 g/mol. The molecule has 1 heterocycles. The van der Waals surface area contributed by atoms with E-state index in [1.807, 2.05) is 81.4 Å². The highest BCUT2D eigenvalue weighted by molar-refractivity contribution is 7.85. The summed E-state index contributed by atoms with van der Waals surface area (Å²) in [5.41, 5.74) is 3.13. The third-order valence-corrected chi connectivity index (χ3v) is 8.04. The second kappa shape index (κ2) is 6.92. The van der Waals surface area contributed by atoms with Crippen LogP contribution >= 0.6 is 7.14 Å². The van der Waals surface area contributed by atoms with Gasteiger partial charge in [0, 0.05) is 16.0 Å². The van der Waals surface area contributed by atoms with E-state index < -0.39 is 12.8 Å². The molecular weight excluding hydrogens is 367 g/mol. The van der Waals surface area contributed by atoms with Gasteiger partial charge in [0.05, 0.1) is 0 Å². The number of hydrogen-bond acceptors (Lipinski definition) is 3. The fraction of sp³-hybridized carbons (Fsp3) is 0.125. The van der Waals surface area contributed by atoms with Crippen LogP contribution in [0.3, 0.4) is 0 Å². The molecule has 140 valence electrons. The highest BCUT2D eigenvalue weighted by Gasteiger charge is 2.33.